The molecule has 0 saturated heterocycles. The molecule has 1 amide bonds. The van der Waals surface area contributed by atoms with Gasteiger partial charge in [-0.2, -0.15) is 0 Å². The van der Waals surface area contributed by atoms with Crippen LogP contribution in [0.3, 0.4) is 0 Å². The van der Waals surface area contributed by atoms with Crippen LogP contribution in [0.5, 0.6) is 0 Å². The van der Waals surface area contributed by atoms with Gasteiger partial charge in [0, 0.05) is 13.6 Å². The van der Waals surface area contributed by atoms with Crippen molar-refractivity contribution in [3.8, 4) is 0 Å². The molecule has 74 valence electrons. The van der Waals surface area contributed by atoms with Gasteiger partial charge in [-0.15, -0.1) is 6.58 Å². The Morgan fingerprint density at radius 2 is 2.31 bits per heavy atom. The molecule has 0 radical (unpaired) electrons. The number of carbonyl (C=O) groups is 1. The van der Waals surface area contributed by atoms with Crippen molar-refractivity contribution in [1.29, 1.82) is 0 Å². The lowest BCUT2D eigenvalue weighted by Gasteiger charge is -2.28. The molecule has 2 N–H and O–H groups in total. The monoisotopic (exact) mass is 182 g/mol. The van der Waals surface area contributed by atoms with Crippen molar-refractivity contribution in [2.24, 2.45) is 11.7 Å². The standard InChI is InChI=1S/C10H18N2O/c1-4-7-12(3)9(13)10(2,11)8-5-6-8/h4,8H,1,5-7,11H2,2-3H3. The molecule has 3 nitrogen and oxygen atoms in total. The van der Waals surface area contributed by atoms with E-state index < -0.39 is 5.54 Å². The summed E-state index contributed by atoms with van der Waals surface area (Å²) in [4.78, 5) is 13.4. The highest BCUT2D eigenvalue weighted by Gasteiger charge is 2.45. The minimum absolute atomic E-state index is 0.0231. The molecule has 1 aliphatic rings. The summed E-state index contributed by atoms with van der Waals surface area (Å²) in [6, 6.07) is 0. The van der Waals surface area contributed by atoms with Crippen molar-refractivity contribution in [1.82, 2.24) is 4.90 Å². The van der Waals surface area contributed by atoms with Crippen molar-refractivity contribution in [3.63, 3.8) is 0 Å². The Labute approximate surface area is 79.6 Å². The van der Waals surface area contributed by atoms with Crippen LogP contribution >= 0.6 is 0 Å². The second-order valence-electron chi connectivity index (χ2n) is 4.03. The molecule has 1 aliphatic carbocycles. The van der Waals surface area contributed by atoms with Crippen LogP contribution in [0, 0.1) is 5.92 Å². The lowest BCUT2D eigenvalue weighted by molar-refractivity contribution is -0.135. The number of carbonyl (C=O) groups excluding carboxylic acids is 1. The molecule has 1 fully saturated rings. The number of hydrogen-bond donors (Lipinski definition) is 1. The van der Waals surface area contributed by atoms with Crippen LogP contribution in [0.1, 0.15) is 19.8 Å². The Hall–Kier alpha value is -0.830. The average molecular weight is 182 g/mol. The third kappa shape index (κ3) is 2.10. The molecule has 0 aromatic carbocycles. The normalized spacial score (nSPS) is 20.5. The predicted molar refractivity (Wildman–Crippen MR) is 53.2 cm³/mol. The van der Waals surface area contributed by atoms with E-state index in [4.69, 9.17) is 5.73 Å². The van der Waals surface area contributed by atoms with E-state index in [1.54, 1.807) is 18.0 Å². The van der Waals surface area contributed by atoms with Crippen LogP contribution < -0.4 is 5.73 Å². The van der Waals surface area contributed by atoms with Gasteiger partial charge in [0.1, 0.15) is 0 Å². The molecule has 0 spiro atoms. The number of nitrogens with two attached hydrogens (primary N) is 1. The third-order valence-corrected chi connectivity index (χ3v) is 2.64. The van der Waals surface area contributed by atoms with E-state index in [0.717, 1.165) is 12.8 Å². The lowest BCUT2D eigenvalue weighted by atomic mass is 9.95. The van der Waals surface area contributed by atoms with Gasteiger partial charge in [0.25, 0.3) is 0 Å². The Bertz CT molecular complexity index is 219. The van der Waals surface area contributed by atoms with E-state index in [0.29, 0.717) is 12.5 Å². The summed E-state index contributed by atoms with van der Waals surface area (Å²) in [6.45, 7) is 5.98. The Morgan fingerprint density at radius 1 is 1.77 bits per heavy atom. The molecular weight excluding hydrogens is 164 g/mol. The van der Waals surface area contributed by atoms with E-state index in [-0.39, 0.29) is 5.91 Å². The van der Waals surface area contributed by atoms with E-state index in [1.807, 2.05) is 6.92 Å². The predicted octanol–water partition coefficient (Wildman–Crippen LogP) is 0.758. The zero-order valence-electron chi connectivity index (χ0n) is 8.42. The molecule has 1 saturated carbocycles. The van der Waals surface area contributed by atoms with Crippen LogP contribution in [0.15, 0.2) is 12.7 Å². The van der Waals surface area contributed by atoms with Gasteiger partial charge in [-0.1, -0.05) is 6.08 Å². The summed E-state index contributed by atoms with van der Waals surface area (Å²) < 4.78 is 0. The molecular formula is C10H18N2O. The summed E-state index contributed by atoms with van der Waals surface area (Å²) in [5.74, 6) is 0.405. The second-order valence-corrected chi connectivity index (χ2v) is 4.03. The molecule has 3 heteroatoms. The molecule has 0 aliphatic heterocycles. The maximum atomic E-state index is 11.8. The van der Waals surface area contributed by atoms with E-state index in [1.165, 1.54) is 0 Å². The Morgan fingerprint density at radius 3 is 2.69 bits per heavy atom. The van der Waals surface area contributed by atoms with Crippen LogP contribution in [0.2, 0.25) is 0 Å². The fourth-order valence-corrected chi connectivity index (χ4v) is 1.55. The first-order valence-corrected chi connectivity index (χ1v) is 4.65. The lowest BCUT2D eigenvalue weighted by Crippen LogP contribution is -2.53. The maximum Gasteiger partial charge on any atom is 0.242 e. The maximum absolute atomic E-state index is 11.8. The number of likely N-dealkylation sites (N-methyl/N-ethyl adjacent to an activating group) is 1. The summed E-state index contributed by atoms with van der Waals surface area (Å²) in [7, 11) is 1.76. The highest BCUT2D eigenvalue weighted by atomic mass is 16.2. The fourth-order valence-electron chi connectivity index (χ4n) is 1.55. The van der Waals surface area contributed by atoms with Gasteiger partial charge in [-0.05, 0) is 25.7 Å². The Balaban J connectivity index is 2.58. The first kappa shape index (κ1) is 10.3. The molecule has 0 aromatic rings. The summed E-state index contributed by atoms with van der Waals surface area (Å²) in [5.41, 5.74) is 5.30. The summed E-state index contributed by atoms with van der Waals surface area (Å²) >= 11 is 0. The van der Waals surface area contributed by atoms with E-state index in [9.17, 15) is 4.79 Å². The van der Waals surface area contributed by atoms with Gasteiger partial charge in [-0.3, -0.25) is 4.79 Å². The van der Waals surface area contributed by atoms with Crippen molar-refractivity contribution in [3.05, 3.63) is 12.7 Å². The average Bonchev–Trinajstić information content (AvgIpc) is 2.85. The SMILES string of the molecule is C=CCN(C)C(=O)C(C)(N)C1CC1. The highest BCUT2D eigenvalue weighted by Crippen LogP contribution is 2.38. The minimum atomic E-state index is -0.669. The van der Waals surface area contributed by atoms with Crippen LogP contribution in [-0.4, -0.2) is 29.9 Å². The number of rotatable bonds is 4. The van der Waals surface area contributed by atoms with Gasteiger partial charge < -0.3 is 10.6 Å². The minimum Gasteiger partial charge on any atom is -0.340 e. The van der Waals surface area contributed by atoms with Gasteiger partial charge >= 0.3 is 0 Å². The largest absolute Gasteiger partial charge is 0.340 e. The molecule has 0 bridgehead atoms. The molecule has 1 unspecified atom stereocenters. The van der Waals surface area contributed by atoms with Crippen molar-refractivity contribution in [2.75, 3.05) is 13.6 Å². The van der Waals surface area contributed by atoms with Gasteiger partial charge in [0.15, 0.2) is 0 Å². The second kappa shape index (κ2) is 3.50. The zero-order chi connectivity index (χ0) is 10.1. The smallest absolute Gasteiger partial charge is 0.242 e. The van der Waals surface area contributed by atoms with Crippen molar-refractivity contribution >= 4 is 5.91 Å². The highest BCUT2D eigenvalue weighted by molar-refractivity contribution is 5.86. The zero-order valence-corrected chi connectivity index (χ0v) is 8.42. The van der Waals surface area contributed by atoms with Gasteiger partial charge in [0.05, 0.1) is 5.54 Å². The van der Waals surface area contributed by atoms with Crippen LogP contribution in [0.25, 0.3) is 0 Å². The topological polar surface area (TPSA) is 46.3 Å². The van der Waals surface area contributed by atoms with E-state index >= 15 is 0 Å². The summed E-state index contributed by atoms with van der Waals surface area (Å²) in [5, 5.41) is 0. The number of nitrogens with zero attached hydrogens (tertiary/aromatic N) is 1. The molecule has 0 heterocycles. The number of amides is 1. The molecule has 13 heavy (non-hydrogen) atoms. The first-order chi connectivity index (χ1) is 6.00. The Kier molecular flexibility index (Phi) is 2.76. The molecule has 1 atom stereocenters. The molecule has 0 aromatic heterocycles. The molecule has 1 rings (SSSR count). The quantitative estimate of drug-likeness (QED) is 0.652. The van der Waals surface area contributed by atoms with Gasteiger partial charge in [-0.25, -0.2) is 0 Å². The fraction of sp³-hybridized carbons (Fsp3) is 0.700. The summed E-state index contributed by atoms with van der Waals surface area (Å²) in [6.07, 6.45) is 3.88. The van der Waals surface area contributed by atoms with E-state index in [2.05, 4.69) is 6.58 Å². The van der Waals surface area contributed by atoms with Gasteiger partial charge in [0.2, 0.25) is 5.91 Å². The first-order valence-electron chi connectivity index (χ1n) is 4.65. The van der Waals surface area contributed by atoms with Crippen molar-refractivity contribution in [2.45, 2.75) is 25.3 Å². The third-order valence-electron chi connectivity index (χ3n) is 2.64. The van der Waals surface area contributed by atoms with Crippen molar-refractivity contribution < 1.29 is 4.79 Å². The number of hydrogen-bond acceptors (Lipinski definition) is 2. The van der Waals surface area contributed by atoms with Crippen LogP contribution in [-0.2, 0) is 4.79 Å². The van der Waals surface area contributed by atoms with Crippen LogP contribution in [0.4, 0.5) is 0 Å².